The molecule has 1 aliphatic heterocycles. The predicted molar refractivity (Wildman–Crippen MR) is 107 cm³/mol. The number of ether oxygens (including phenoxy) is 1. The monoisotopic (exact) mass is 402 g/mol. The molecule has 0 radical (unpaired) electrons. The Hall–Kier alpha value is -2.12. The summed E-state index contributed by atoms with van der Waals surface area (Å²) in [5, 5.41) is 0. The van der Waals surface area contributed by atoms with E-state index >= 15 is 0 Å². The molecule has 1 fully saturated rings. The first-order valence-corrected chi connectivity index (χ1v) is 11.2. The largest absolute Gasteiger partial charge is 0.489 e. The van der Waals surface area contributed by atoms with E-state index in [-0.39, 0.29) is 11.7 Å². The molecule has 1 saturated heterocycles. The SMILES string of the molecule is Cc1cc(OC2CCN(S(=O)(=O)c3ccc4c(c3)CCCC4)C2)cc(=O)n1C. The number of nitrogens with zero attached hydrogens (tertiary/aromatic N) is 2. The van der Waals surface area contributed by atoms with Gasteiger partial charge in [0.05, 0.1) is 11.4 Å². The number of rotatable bonds is 4. The van der Waals surface area contributed by atoms with E-state index in [1.165, 1.54) is 22.4 Å². The van der Waals surface area contributed by atoms with Crippen molar-refractivity contribution in [1.82, 2.24) is 8.87 Å². The average molecular weight is 403 g/mol. The van der Waals surface area contributed by atoms with Gasteiger partial charge in [-0.15, -0.1) is 0 Å². The zero-order valence-electron chi connectivity index (χ0n) is 16.3. The second kappa shape index (κ2) is 7.37. The fraction of sp³-hybridized carbons (Fsp3) is 0.476. The van der Waals surface area contributed by atoms with E-state index in [0.717, 1.165) is 30.5 Å². The molecule has 1 unspecified atom stereocenters. The lowest BCUT2D eigenvalue weighted by Crippen LogP contribution is -2.31. The van der Waals surface area contributed by atoms with Crippen LogP contribution in [0.2, 0.25) is 0 Å². The molecule has 1 atom stereocenters. The number of benzene rings is 1. The molecule has 0 saturated carbocycles. The van der Waals surface area contributed by atoms with E-state index in [1.54, 1.807) is 17.7 Å². The molecule has 6 nitrogen and oxygen atoms in total. The molecule has 7 heteroatoms. The second-order valence-electron chi connectivity index (χ2n) is 7.76. The second-order valence-corrected chi connectivity index (χ2v) is 9.70. The number of sulfonamides is 1. The average Bonchev–Trinajstić information content (AvgIpc) is 3.15. The molecule has 0 spiro atoms. The van der Waals surface area contributed by atoms with Gasteiger partial charge < -0.3 is 9.30 Å². The Labute approximate surface area is 165 Å². The highest BCUT2D eigenvalue weighted by atomic mass is 32.2. The minimum Gasteiger partial charge on any atom is -0.489 e. The Balaban J connectivity index is 1.49. The fourth-order valence-corrected chi connectivity index (χ4v) is 5.57. The minimum absolute atomic E-state index is 0.133. The van der Waals surface area contributed by atoms with Gasteiger partial charge in [0.25, 0.3) is 5.56 Å². The Morgan fingerprint density at radius 2 is 1.82 bits per heavy atom. The van der Waals surface area contributed by atoms with Gasteiger partial charge >= 0.3 is 0 Å². The van der Waals surface area contributed by atoms with E-state index < -0.39 is 10.0 Å². The summed E-state index contributed by atoms with van der Waals surface area (Å²) >= 11 is 0. The van der Waals surface area contributed by atoms with Crippen molar-refractivity contribution in [3.63, 3.8) is 0 Å². The molecule has 0 bridgehead atoms. The molecule has 0 amide bonds. The van der Waals surface area contributed by atoms with Gasteiger partial charge in [0, 0.05) is 25.4 Å². The molecule has 2 aromatic rings. The third-order valence-corrected chi connectivity index (χ3v) is 7.71. The molecule has 1 aromatic heterocycles. The van der Waals surface area contributed by atoms with E-state index in [1.807, 2.05) is 25.1 Å². The van der Waals surface area contributed by atoms with Gasteiger partial charge in [-0.25, -0.2) is 8.42 Å². The fourth-order valence-electron chi connectivity index (χ4n) is 4.03. The maximum atomic E-state index is 13.1. The summed E-state index contributed by atoms with van der Waals surface area (Å²) < 4.78 is 35.1. The zero-order valence-corrected chi connectivity index (χ0v) is 17.2. The molecule has 2 aliphatic rings. The molecule has 150 valence electrons. The summed E-state index contributed by atoms with van der Waals surface area (Å²) in [6.07, 6.45) is 4.63. The Morgan fingerprint density at radius 3 is 2.57 bits per heavy atom. The molecule has 0 N–H and O–H groups in total. The maximum Gasteiger partial charge on any atom is 0.254 e. The van der Waals surface area contributed by atoms with Gasteiger partial charge in [0.15, 0.2) is 0 Å². The number of hydrogen-bond donors (Lipinski definition) is 0. The molecule has 1 aromatic carbocycles. The van der Waals surface area contributed by atoms with Crippen molar-refractivity contribution in [2.75, 3.05) is 13.1 Å². The summed E-state index contributed by atoms with van der Waals surface area (Å²) in [7, 11) is -1.82. The summed E-state index contributed by atoms with van der Waals surface area (Å²) in [5.41, 5.74) is 3.11. The summed E-state index contributed by atoms with van der Waals surface area (Å²) in [6.45, 7) is 2.57. The van der Waals surface area contributed by atoms with E-state index in [0.29, 0.717) is 30.2 Å². The first-order chi connectivity index (χ1) is 13.3. The van der Waals surface area contributed by atoms with Crippen molar-refractivity contribution >= 4 is 10.0 Å². The molecular weight excluding hydrogens is 376 g/mol. The van der Waals surface area contributed by atoms with Crippen molar-refractivity contribution in [3.05, 3.63) is 57.5 Å². The lowest BCUT2D eigenvalue weighted by molar-refractivity contribution is 0.214. The first kappa shape index (κ1) is 19.2. The van der Waals surface area contributed by atoms with E-state index in [4.69, 9.17) is 4.74 Å². The van der Waals surface area contributed by atoms with Crippen LogP contribution in [0, 0.1) is 6.92 Å². The third kappa shape index (κ3) is 3.61. The molecule has 28 heavy (non-hydrogen) atoms. The van der Waals surface area contributed by atoms with Crippen LogP contribution in [0.15, 0.2) is 40.0 Å². The van der Waals surface area contributed by atoms with Gasteiger partial charge in [0.2, 0.25) is 10.0 Å². The Kier molecular flexibility index (Phi) is 5.05. The van der Waals surface area contributed by atoms with Crippen LogP contribution in [0.25, 0.3) is 0 Å². The minimum atomic E-state index is -3.53. The van der Waals surface area contributed by atoms with Crippen molar-refractivity contribution in [2.45, 2.75) is 50.0 Å². The van der Waals surface area contributed by atoms with Gasteiger partial charge in [-0.1, -0.05) is 6.07 Å². The zero-order chi connectivity index (χ0) is 19.9. The van der Waals surface area contributed by atoms with Gasteiger partial charge in [-0.2, -0.15) is 4.31 Å². The summed E-state index contributed by atoms with van der Waals surface area (Å²) in [6, 6.07) is 8.81. The highest BCUT2D eigenvalue weighted by molar-refractivity contribution is 7.89. The third-order valence-electron chi connectivity index (χ3n) is 5.84. The lowest BCUT2D eigenvalue weighted by atomic mass is 9.92. The van der Waals surface area contributed by atoms with Crippen LogP contribution in [0.4, 0.5) is 0 Å². The maximum absolute atomic E-state index is 13.1. The number of aryl methyl sites for hydroxylation is 3. The topological polar surface area (TPSA) is 68.6 Å². The van der Waals surface area contributed by atoms with Crippen molar-refractivity contribution in [2.24, 2.45) is 7.05 Å². The van der Waals surface area contributed by atoms with Crippen LogP contribution in [-0.4, -0.2) is 36.5 Å². The molecular formula is C21H26N2O4S. The predicted octanol–water partition coefficient (Wildman–Crippen LogP) is 2.41. The van der Waals surface area contributed by atoms with Crippen LogP contribution in [0.3, 0.4) is 0 Å². The Bertz CT molecular complexity index is 1060. The van der Waals surface area contributed by atoms with Crippen LogP contribution in [-0.2, 0) is 29.9 Å². The van der Waals surface area contributed by atoms with Crippen molar-refractivity contribution in [1.29, 1.82) is 0 Å². The lowest BCUT2D eigenvalue weighted by Gasteiger charge is -2.20. The van der Waals surface area contributed by atoms with Crippen LogP contribution in [0.1, 0.15) is 36.1 Å². The summed E-state index contributed by atoms with van der Waals surface area (Å²) in [4.78, 5) is 12.3. The summed E-state index contributed by atoms with van der Waals surface area (Å²) in [5.74, 6) is 0.499. The normalized spacial score (nSPS) is 20.1. The molecule has 2 heterocycles. The van der Waals surface area contributed by atoms with E-state index in [2.05, 4.69) is 0 Å². The van der Waals surface area contributed by atoms with Crippen molar-refractivity contribution < 1.29 is 13.2 Å². The highest BCUT2D eigenvalue weighted by Gasteiger charge is 2.34. The van der Waals surface area contributed by atoms with Gasteiger partial charge in [-0.05, 0) is 68.4 Å². The van der Waals surface area contributed by atoms with Crippen molar-refractivity contribution in [3.8, 4) is 5.75 Å². The van der Waals surface area contributed by atoms with Crippen LogP contribution in [0.5, 0.6) is 5.75 Å². The number of fused-ring (bicyclic) bond motifs is 1. The smallest absolute Gasteiger partial charge is 0.254 e. The number of pyridine rings is 1. The van der Waals surface area contributed by atoms with Gasteiger partial charge in [0.1, 0.15) is 11.9 Å². The quantitative estimate of drug-likeness (QED) is 0.788. The first-order valence-electron chi connectivity index (χ1n) is 9.81. The Morgan fingerprint density at radius 1 is 1.07 bits per heavy atom. The van der Waals surface area contributed by atoms with Crippen LogP contribution < -0.4 is 10.3 Å². The highest BCUT2D eigenvalue weighted by Crippen LogP contribution is 2.28. The molecule has 4 rings (SSSR count). The number of aromatic nitrogens is 1. The number of hydrogen-bond acceptors (Lipinski definition) is 4. The van der Waals surface area contributed by atoms with Gasteiger partial charge in [-0.3, -0.25) is 4.79 Å². The van der Waals surface area contributed by atoms with Crippen LogP contribution >= 0.6 is 0 Å². The standard InChI is InChI=1S/C21H26N2O4S/c1-15-11-19(13-21(24)22(15)2)27-18-9-10-23(14-18)28(25,26)20-8-7-16-5-3-4-6-17(16)12-20/h7-8,11-13,18H,3-6,9-10,14H2,1-2H3. The molecule has 1 aliphatic carbocycles. The van der Waals surface area contributed by atoms with E-state index in [9.17, 15) is 13.2 Å².